The zero-order valence-corrected chi connectivity index (χ0v) is 9.26. The number of H-pyrrole nitrogens is 1. The van der Waals surface area contributed by atoms with Crippen LogP contribution >= 0.6 is 0 Å². The van der Waals surface area contributed by atoms with E-state index in [1.54, 1.807) is 4.90 Å². The van der Waals surface area contributed by atoms with Crippen LogP contribution in [0, 0.1) is 0 Å². The van der Waals surface area contributed by atoms with Crippen molar-refractivity contribution in [2.75, 3.05) is 13.1 Å². The number of aliphatic hydroxyl groups excluding tert-OH is 1. The molecule has 1 atom stereocenters. The molecule has 0 unspecified atom stereocenters. The fraction of sp³-hybridized carbons (Fsp3) is 0.333. The normalized spacial score (nSPS) is 20.1. The SMILES string of the molecule is O=C(c1n[nH]c2ccccc12)N1CC[C@H](O)C1. The number of nitrogens with zero attached hydrogens (tertiary/aromatic N) is 2. The summed E-state index contributed by atoms with van der Waals surface area (Å²) in [5, 5.41) is 17.2. The van der Waals surface area contributed by atoms with Gasteiger partial charge < -0.3 is 10.0 Å². The summed E-state index contributed by atoms with van der Waals surface area (Å²) >= 11 is 0. The van der Waals surface area contributed by atoms with Gasteiger partial charge in [0.2, 0.25) is 0 Å². The first-order valence-corrected chi connectivity index (χ1v) is 5.66. The number of aromatic nitrogens is 2. The first-order chi connectivity index (χ1) is 8.25. The molecule has 2 N–H and O–H groups in total. The predicted molar refractivity (Wildman–Crippen MR) is 62.6 cm³/mol. The molecule has 1 amide bonds. The number of amides is 1. The summed E-state index contributed by atoms with van der Waals surface area (Å²) in [5.41, 5.74) is 1.30. The number of rotatable bonds is 1. The van der Waals surface area contributed by atoms with E-state index < -0.39 is 6.10 Å². The number of hydrogen-bond acceptors (Lipinski definition) is 3. The summed E-state index contributed by atoms with van der Waals surface area (Å²) < 4.78 is 0. The third-order valence-corrected chi connectivity index (χ3v) is 3.12. The number of β-amino-alcohol motifs (C(OH)–C–C–N with tert-alkyl or cyclic N) is 1. The number of aliphatic hydroxyl groups is 1. The molecule has 0 aliphatic carbocycles. The average Bonchev–Trinajstić information content (AvgIpc) is 2.94. The number of carbonyl (C=O) groups is 1. The fourth-order valence-electron chi connectivity index (χ4n) is 2.20. The van der Waals surface area contributed by atoms with Crippen LogP contribution in [0.25, 0.3) is 10.9 Å². The molecule has 1 aromatic heterocycles. The van der Waals surface area contributed by atoms with Crippen LogP contribution in [0.2, 0.25) is 0 Å². The first-order valence-electron chi connectivity index (χ1n) is 5.66. The van der Waals surface area contributed by atoms with Crippen LogP contribution < -0.4 is 0 Å². The molecule has 2 heterocycles. The third kappa shape index (κ3) is 1.68. The molecule has 0 saturated carbocycles. The van der Waals surface area contributed by atoms with E-state index in [2.05, 4.69) is 10.2 Å². The molecule has 1 saturated heterocycles. The molecule has 3 rings (SSSR count). The summed E-state index contributed by atoms with van der Waals surface area (Å²) in [7, 11) is 0. The number of nitrogens with one attached hydrogen (secondary N) is 1. The van der Waals surface area contributed by atoms with Crippen LogP contribution in [0.4, 0.5) is 0 Å². The van der Waals surface area contributed by atoms with Crippen LogP contribution in [0.15, 0.2) is 24.3 Å². The first kappa shape index (κ1) is 10.3. The summed E-state index contributed by atoms with van der Waals surface area (Å²) in [6, 6.07) is 7.54. The molecule has 17 heavy (non-hydrogen) atoms. The van der Waals surface area contributed by atoms with Gasteiger partial charge in [0.05, 0.1) is 11.6 Å². The van der Waals surface area contributed by atoms with Gasteiger partial charge in [-0.25, -0.2) is 0 Å². The Bertz CT molecular complexity index is 564. The average molecular weight is 231 g/mol. The molecule has 0 bridgehead atoms. The van der Waals surface area contributed by atoms with Crippen molar-refractivity contribution < 1.29 is 9.90 Å². The monoisotopic (exact) mass is 231 g/mol. The van der Waals surface area contributed by atoms with Crippen LogP contribution in [0.1, 0.15) is 16.9 Å². The number of hydrogen-bond donors (Lipinski definition) is 2. The van der Waals surface area contributed by atoms with Gasteiger partial charge in [-0.15, -0.1) is 0 Å². The second kappa shape index (κ2) is 3.85. The molecule has 0 radical (unpaired) electrons. The van der Waals surface area contributed by atoms with E-state index in [1.165, 1.54) is 0 Å². The lowest BCUT2D eigenvalue weighted by Crippen LogP contribution is -2.29. The van der Waals surface area contributed by atoms with Crippen molar-refractivity contribution in [3.8, 4) is 0 Å². The molecule has 88 valence electrons. The minimum Gasteiger partial charge on any atom is -0.391 e. The van der Waals surface area contributed by atoms with E-state index in [0.29, 0.717) is 25.2 Å². The van der Waals surface area contributed by atoms with Crippen molar-refractivity contribution in [3.63, 3.8) is 0 Å². The van der Waals surface area contributed by atoms with Gasteiger partial charge in [-0.1, -0.05) is 18.2 Å². The number of likely N-dealkylation sites (tertiary alicyclic amines) is 1. The van der Waals surface area contributed by atoms with Crippen molar-refractivity contribution in [1.29, 1.82) is 0 Å². The van der Waals surface area contributed by atoms with Crippen LogP contribution in [0.5, 0.6) is 0 Å². The Labute approximate surface area is 98.0 Å². The summed E-state index contributed by atoms with van der Waals surface area (Å²) in [6.07, 6.45) is 0.248. The Kier molecular flexibility index (Phi) is 2.33. The summed E-state index contributed by atoms with van der Waals surface area (Å²) in [5.74, 6) is -0.112. The largest absolute Gasteiger partial charge is 0.391 e. The molecule has 1 aliphatic heterocycles. The van der Waals surface area contributed by atoms with Crippen LogP contribution in [0.3, 0.4) is 0 Å². The van der Waals surface area contributed by atoms with Gasteiger partial charge in [0.15, 0.2) is 5.69 Å². The van der Waals surface area contributed by atoms with Gasteiger partial charge in [0.1, 0.15) is 0 Å². The highest BCUT2D eigenvalue weighted by Crippen LogP contribution is 2.19. The van der Waals surface area contributed by atoms with Gasteiger partial charge in [0, 0.05) is 18.5 Å². The van der Waals surface area contributed by atoms with E-state index in [4.69, 9.17) is 0 Å². The van der Waals surface area contributed by atoms with Gasteiger partial charge in [0.25, 0.3) is 5.91 Å². The van der Waals surface area contributed by atoms with Crippen molar-refractivity contribution in [2.45, 2.75) is 12.5 Å². The lowest BCUT2D eigenvalue weighted by molar-refractivity contribution is 0.0761. The predicted octanol–water partition coefficient (Wildman–Crippen LogP) is 0.770. The van der Waals surface area contributed by atoms with E-state index in [-0.39, 0.29) is 5.91 Å². The number of carbonyl (C=O) groups excluding carboxylic acids is 1. The Hall–Kier alpha value is -1.88. The van der Waals surface area contributed by atoms with E-state index in [9.17, 15) is 9.90 Å². The molecular formula is C12H13N3O2. The Morgan fingerprint density at radius 3 is 3.06 bits per heavy atom. The van der Waals surface area contributed by atoms with E-state index >= 15 is 0 Å². The molecule has 1 aromatic carbocycles. The highest BCUT2D eigenvalue weighted by atomic mass is 16.3. The lowest BCUT2D eigenvalue weighted by Gasteiger charge is -2.13. The number of para-hydroxylation sites is 1. The van der Waals surface area contributed by atoms with E-state index in [1.807, 2.05) is 24.3 Å². The van der Waals surface area contributed by atoms with Gasteiger partial charge in [-0.2, -0.15) is 5.10 Å². The molecule has 2 aromatic rings. The molecule has 1 fully saturated rings. The maximum absolute atomic E-state index is 12.2. The summed E-state index contributed by atoms with van der Waals surface area (Å²) in [6.45, 7) is 1.00. The smallest absolute Gasteiger partial charge is 0.275 e. The Morgan fingerprint density at radius 2 is 2.29 bits per heavy atom. The van der Waals surface area contributed by atoms with Crippen molar-refractivity contribution in [3.05, 3.63) is 30.0 Å². The maximum atomic E-state index is 12.2. The highest BCUT2D eigenvalue weighted by molar-refractivity contribution is 6.04. The molecule has 0 spiro atoms. The van der Waals surface area contributed by atoms with E-state index in [0.717, 1.165) is 10.9 Å². The quantitative estimate of drug-likeness (QED) is 0.761. The Morgan fingerprint density at radius 1 is 1.47 bits per heavy atom. The third-order valence-electron chi connectivity index (χ3n) is 3.12. The standard InChI is InChI=1S/C12H13N3O2/c16-8-5-6-15(7-8)12(17)11-9-3-1-2-4-10(9)13-14-11/h1-4,8,16H,5-7H2,(H,13,14)/t8-/m0/s1. The zero-order valence-electron chi connectivity index (χ0n) is 9.26. The number of benzene rings is 1. The van der Waals surface area contributed by atoms with Gasteiger partial charge in [-0.05, 0) is 12.5 Å². The molecule has 5 heteroatoms. The van der Waals surface area contributed by atoms with Gasteiger partial charge >= 0.3 is 0 Å². The maximum Gasteiger partial charge on any atom is 0.275 e. The Balaban J connectivity index is 1.96. The summed E-state index contributed by atoms with van der Waals surface area (Å²) in [4.78, 5) is 13.8. The topological polar surface area (TPSA) is 69.2 Å². The highest BCUT2D eigenvalue weighted by Gasteiger charge is 2.27. The van der Waals surface area contributed by atoms with Gasteiger partial charge in [-0.3, -0.25) is 9.89 Å². The van der Waals surface area contributed by atoms with Crippen molar-refractivity contribution in [1.82, 2.24) is 15.1 Å². The second-order valence-electron chi connectivity index (χ2n) is 4.31. The minimum atomic E-state index is -0.399. The fourth-order valence-corrected chi connectivity index (χ4v) is 2.20. The lowest BCUT2D eigenvalue weighted by atomic mass is 10.2. The zero-order chi connectivity index (χ0) is 11.8. The molecule has 5 nitrogen and oxygen atoms in total. The number of fused-ring (bicyclic) bond motifs is 1. The number of aromatic amines is 1. The minimum absolute atomic E-state index is 0.112. The second-order valence-corrected chi connectivity index (χ2v) is 4.31. The molecule has 1 aliphatic rings. The van der Waals surface area contributed by atoms with Crippen molar-refractivity contribution >= 4 is 16.8 Å². The molecular weight excluding hydrogens is 218 g/mol. The van der Waals surface area contributed by atoms with Crippen LogP contribution in [-0.4, -0.2) is 45.3 Å². The van der Waals surface area contributed by atoms with Crippen molar-refractivity contribution in [2.24, 2.45) is 0 Å². The van der Waals surface area contributed by atoms with Crippen LogP contribution in [-0.2, 0) is 0 Å².